The van der Waals surface area contributed by atoms with E-state index in [1.807, 2.05) is 23.3 Å². The smallest absolute Gasteiger partial charge is 0.264 e. The second kappa shape index (κ2) is 6.24. The van der Waals surface area contributed by atoms with Crippen molar-refractivity contribution in [2.24, 2.45) is 0 Å². The number of rotatable bonds is 4. The fourth-order valence-corrected chi connectivity index (χ4v) is 3.83. The molecule has 1 N–H and O–H groups in total. The van der Waals surface area contributed by atoms with Crippen LogP contribution in [0.15, 0.2) is 11.4 Å². The zero-order valence-electron chi connectivity index (χ0n) is 11.8. The van der Waals surface area contributed by atoms with E-state index >= 15 is 0 Å². The van der Waals surface area contributed by atoms with E-state index in [1.165, 1.54) is 11.3 Å². The van der Waals surface area contributed by atoms with E-state index in [9.17, 15) is 13.2 Å². The van der Waals surface area contributed by atoms with Crippen LogP contribution in [-0.2, 0) is 10.0 Å². The van der Waals surface area contributed by atoms with E-state index in [0.717, 1.165) is 36.0 Å². The third kappa shape index (κ3) is 3.80. The van der Waals surface area contributed by atoms with Gasteiger partial charge in [-0.15, -0.1) is 11.3 Å². The highest BCUT2D eigenvalue weighted by Gasteiger charge is 2.29. The minimum atomic E-state index is -3.22. The Hall–Kier alpha value is -0.920. The van der Waals surface area contributed by atoms with E-state index in [2.05, 4.69) is 4.72 Å². The lowest BCUT2D eigenvalue weighted by Gasteiger charge is -2.35. The molecule has 0 spiro atoms. The number of hydrogen-bond donors (Lipinski definition) is 1. The van der Waals surface area contributed by atoms with Gasteiger partial charge in [0, 0.05) is 19.1 Å². The van der Waals surface area contributed by atoms with E-state index in [-0.39, 0.29) is 11.9 Å². The number of thiophene rings is 1. The Kier molecular flexibility index (Phi) is 4.82. The van der Waals surface area contributed by atoms with Gasteiger partial charge >= 0.3 is 0 Å². The normalized spacial score (nSPS) is 20.1. The summed E-state index contributed by atoms with van der Waals surface area (Å²) in [6.45, 7) is 2.93. The first kappa shape index (κ1) is 15.5. The Morgan fingerprint density at radius 3 is 2.85 bits per heavy atom. The number of nitrogens with zero attached hydrogens (tertiary/aromatic N) is 1. The van der Waals surface area contributed by atoms with Crippen molar-refractivity contribution in [2.45, 2.75) is 32.2 Å². The van der Waals surface area contributed by atoms with Crippen molar-refractivity contribution in [1.82, 2.24) is 9.62 Å². The van der Waals surface area contributed by atoms with Crippen LogP contribution in [0.5, 0.6) is 0 Å². The lowest BCUT2D eigenvalue weighted by Crippen LogP contribution is -2.49. The average Bonchev–Trinajstić information content (AvgIpc) is 2.81. The van der Waals surface area contributed by atoms with Crippen LogP contribution in [0.4, 0.5) is 0 Å². The second-order valence-corrected chi connectivity index (χ2v) is 7.95. The van der Waals surface area contributed by atoms with Crippen molar-refractivity contribution in [1.29, 1.82) is 0 Å². The summed E-state index contributed by atoms with van der Waals surface area (Å²) in [5.41, 5.74) is 0.986. The van der Waals surface area contributed by atoms with Gasteiger partial charge in [-0.05, 0) is 43.2 Å². The maximum Gasteiger partial charge on any atom is 0.264 e. The molecule has 1 fully saturated rings. The van der Waals surface area contributed by atoms with Gasteiger partial charge in [-0.1, -0.05) is 0 Å². The van der Waals surface area contributed by atoms with Crippen LogP contribution in [0.3, 0.4) is 0 Å². The molecule has 1 aliphatic heterocycles. The molecule has 112 valence electrons. The van der Waals surface area contributed by atoms with Gasteiger partial charge in [0.2, 0.25) is 10.0 Å². The number of nitrogens with one attached hydrogen (secondary N) is 1. The summed E-state index contributed by atoms with van der Waals surface area (Å²) in [7, 11) is -3.22. The van der Waals surface area contributed by atoms with Crippen LogP contribution < -0.4 is 4.72 Å². The SMILES string of the molecule is Cc1ccsc1C(=O)N1CCCC[C@@H]1CNS(C)(=O)=O. The van der Waals surface area contributed by atoms with Crippen molar-refractivity contribution in [3.05, 3.63) is 21.9 Å². The molecule has 0 radical (unpaired) electrons. The number of carbonyl (C=O) groups excluding carboxylic acids is 1. The Morgan fingerprint density at radius 1 is 1.50 bits per heavy atom. The standard InChI is InChI=1S/C13H20N2O3S2/c1-10-6-8-19-12(10)13(16)15-7-4-3-5-11(15)9-14-20(2,17)18/h6,8,11,14H,3-5,7,9H2,1-2H3/t11-/m1/s1. The van der Waals surface area contributed by atoms with E-state index in [1.54, 1.807) is 0 Å². The quantitative estimate of drug-likeness (QED) is 0.917. The number of aryl methyl sites for hydroxylation is 1. The van der Waals surface area contributed by atoms with E-state index in [0.29, 0.717) is 13.1 Å². The van der Waals surface area contributed by atoms with Gasteiger partial charge in [0.1, 0.15) is 0 Å². The Bertz CT molecular complexity index is 580. The van der Waals surface area contributed by atoms with Crippen molar-refractivity contribution >= 4 is 27.3 Å². The van der Waals surface area contributed by atoms with Gasteiger partial charge < -0.3 is 4.90 Å². The third-order valence-electron chi connectivity index (χ3n) is 3.53. The van der Waals surface area contributed by atoms with Gasteiger partial charge in [0.25, 0.3) is 5.91 Å². The number of hydrogen-bond acceptors (Lipinski definition) is 4. The maximum atomic E-state index is 12.6. The summed E-state index contributed by atoms with van der Waals surface area (Å²) in [6, 6.07) is 1.89. The van der Waals surface area contributed by atoms with E-state index < -0.39 is 10.0 Å². The molecule has 1 aromatic heterocycles. The minimum Gasteiger partial charge on any atom is -0.334 e. The molecular formula is C13H20N2O3S2. The van der Waals surface area contributed by atoms with Gasteiger partial charge in [-0.2, -0.15) is 0 Å². The molecule has 0 aliphatic carbocycles. The first-order valence-corrected chi connectivity index (χ1v) is 9.45. The average molecular weight is 316 g/mol. The largest absolute Gasteiger partial charge is 0.334 e. The predicted molar refractivity (Wildman–Crippen MR) is 80.6 cm³/mol. The zero-order valence-corrected chi connectivity index (χ0v) is 13.4. The predicted octanol–water partition coefficient (Wildman–Crippen LogP) is 1.60. The number of sulfonamides is 1. The topological polar surface area (TPSA) is 66.5 Å². The van der Waals surface area contributed by atoms with Gasteiger partial charge in [-0.3, -0.25) is 4.79 Å². The van der Waals surface area contributed by atoms with Crippen molar-refractivity contribution in [3.63, 3.8) is 0 Å². The van der Waals surface area contributed by atoms with Crippen LogP contribution in [-0.4, -0.2) is 44.6 Å². The number of amides is 1. The highest BCUT2D eigenvalue weighted by atomic mass is 32.2. The van der Waals surface area contributed by atoms with Gasteiger partial charge in [0.15, 0.2) is 0 Å². The molecule has 1 saturated heterocycles. The van der Waals surface area contributed by atoms with Gasteiger partial charge in [0.05, 0.1) is 11.1 Å². The highest BCUT2D eigenvalue weighted by molar-refractivity contribution is 7.88. The molecule has 1 aromatic rings. The first-order valence-electron chi connectivity index (χ1n) is 6.68. The van der Waals surface area contributed by atoms with Crippen LogP contribution in [0, 0.1) is 6.92 Å². The van der Waals surface area contributed by atoms with Gasteiger partial charge in [-0.25, -0.2) is 13.1 Å². The van der Waals surface area contributed by atoms with Crippen LogP contribution in [0.1, 0.15) is 34.5 Å². The molecule has 0 aromatic carbocycles. The summed E-state index contributed by atoms with van der Waals surface area (Å²) in [4.78, 5) is 15.2. The molecule has 7 heteroatoms. The number of piperidine rings is 1. The maximum absolute atomic E-state index is 12.6. The summed E-state index contributed by atoms with van der Waals surface area (Å²) in [6.07, 6.45) is 4.00. The Balaban J connectivity index is 2.11. The van der Waals surface area contributed by atoms with Crippen LogP contribution in [0.2, 0.25) is 0 Å². The fourth-order valence-electron chi connectivity index (χ4n) is 2.45. The summed E-state index contributed by atoms with van der Waals surface area (Å²) < 4.78 is 25.0. The van der Waals surface area contributed by atoms with Crippen LogP contribution >= 0.6 is 11.3 Å². The second-order valence-electron chi connectivity index (χ2n) is 5.20. The third-order valence-corrected chi connectivity index (χ3v) is 5.22. The molecule has 0 saturated carbocycles. The number of carbonyl (C=O) groups is 1. The van der Waals surface area contributed by atoms with Crippen molar-refractivity contribution in [3.8, 4) is 0 Å². The molecule has 5 nitrogen and oxygen atoms in total. The molecule has 1 atom stereocenters. The molecule has 2 heterocycles. The summed E-state index contributed by atoms with van der Waals surface area (Å²) in [5.74, 6) is 0.0255. The lowest BCUT2D eigenvalue weighted by molar-refractivity contribution is 0.0623. The molecule has 0 bridgehead atoms. The first-order chi connectivity index (χ1) is 9.38. The zero-order chi connectivity index (χ0) is 14.8. The molecule has 1 aliphatic rings. The summed E-state index contributed by atoms with van der Waals surface area (Å²) >= 11 is 1.45. The molecule has 2 rings (SSSR count). The van der Waals surface area contributed by atoms with Crippen molar-refractivity contribution < 1.29 is 13.2 Å². The molecule has 20 heavy (non-hydrogen) atoms. The van der Waals surface area contributed by atoms with E-state index in [4.69, 9.17) is 0 Å². The molecule has 1 amide bonds. The Morgan fingerprint density at radius 2 is 2.25 bits per heavy atom. The highest BCUT2D eigenvalue weighted by Crippen LogP contribution is 2.23. The Labute approximate surface area is 124 Å². The fraction of sp³-hybridized carbons (Fsp3) is 0.615. The molecular weight excluding hydrogens is 296 g/mol. The monoisotopic (exact) mass is 316 g/mol. The lowest BCUT2D eigenvalue weighted by atomic mass is 10.0. The minimum absolute atomic E-state index is 0.0255. The summed E-state index contributed by atoms with van der Waals surface area (Å²) in [5, 5.41) is 1.91. The molecule has 0 unspecified atom stereocenters. The number of likely N-dealkylation sites (tertiary alicyclic amines) is 1. The van der Waals surface area contributed by atoms with Crippen molar-refractivity contribution in [2.75, 3.05) is 19.3 Å². The van der Waals surface area contributed by atoms with Crippen LogP contribution in [0.25, 0.3) is 0 Å².